The minimum absolute atomic E-state index is 0.231. The van der Waals surface area contributed by atoms with Crippen molar-refractivity contribution in [3.05, 3.63) is 28.0 Å². The molecule has 0 aliphatic heterocycles. The van der Waals surface area contributed by atoms with Crippen LogP contribution in [-0.2, 0) is 0 Å². The predicted molar refractivity (Wildman–Crippen MR) is 74.9 cm³/mol. The third kappa shape index (κ3) is 4.21. The summed E-state index contributed by atoms with van der Waals surface area (Å²) in [5.74, 6) is 0.732. The Hall–Kier alpha value is -0.730. The predicted octanol–water partition coefficient (Wildman–Crippen LogP) is 4.01. The zero-order valence-corrected chi connectivity index (χ0v) is 12.0. The van der Waals surface area contributed by atoms with Crippen molar-refractivity contribution in [1.29, 1.82) is 5.26 Å². The smallest absolute Gasteiger partial charge is 0.161 e. The fraction of sp³-hybridized carbons (Fsp3) is 0.417. The van der Waals surface area contributed by atoms with Gasteiger partial charge >= 0.3 is 0 Å². The molecule has 0 heterocycles. The van der Waals surface area contributed by atoms with Crippen LogP contribution in [0.5, 0.6) is 0 Å². The van der Waals surface area contributed by atoms with Gasteiger partial charge in [0, 0.05) is 6.54 Å². The molecule has 1 rings (SSSR count). The highest BCUT2D eigenvalue weighted by molar-refractivity contribution is 9.10. The highest BCUT2D eigenvalue weighted by Crippen LogP contribution is 2.26. The molecule has 0 amide bonds. The summed E-state index contributed by atoms with van der Waals surface area (Å²) in [4.78, 5) is 0. The van der Waals surface area contributed by atoms with Gasteiger partial charge in [-0.2, -0.15) is 17.0 Å². The molecule has 0 spiro atoms. The quantitative estimate of drug-likeness (QED) is 0.805. The molecule has 0 aliphatic carbocycles. The Balaban J connectivity index is 2.55. The number of rotatable bonds is 6. The van der Waals surface area contributed by atoms with Crippen LogP contribution >= 0.6 is 27.7 Å². The first kappa shape index (κ1) is 14.3. The van der Waals surface area contributed by atoms with E-state index in [1.807, 2.05) is 17.8 Å². The maximum Gasteiger partial charge on any atom is 0.161 e. The van der Waals surface area contributed by atoms with Crippen molar-refractivity contribution in [2.24, 2.45) is 0 Å². The van der Waals surface area contributed by atoms with Gasteiger partial charge in [0.25, 0.3) is 0 Å². The summed E-state index contributed by atoms with van der Waals surface area (Å²) in [6, 6.07) is 5.14. The van der Waals surface area contributed by atoms with Crippen molar-refractivity contribution in [2.75, 3.05) is 23.9 Å². The third-order valence-electron chi connectivity index (χ3n) is 2.29. The van der Waals surface area contributed by atoms with Gasteiger partial charge < -0.3 is 5.32 Å². The van der Waals surface area contributed by atoms with E-state index in [0.29, 0.717) is 11.3 Å². The average Bonchev–Trinajstić information content (AvgIpc) is 2.34. The van der Waals surface area contributed by atoms with Crippen LogP contribution in [0.1, 0.15) is 18.4 Å². The number of nitrogens with one attached hydrogen (secondary N) is 1. The highest BCUT2D eigenvalue weighted by atomic mass is 79.9. The Morgan fingerprint density at radius 2 is 2.24 bits per heavy atom. The number of unbranched alkanes of at least 4 members (excludes halogenated alkanes) is 1. The Kier molecular flexibility index (Phi) is 6.38. The molecule has 0 atom stereocenters. The standard InChI is InChI=1S/C12H14BrFN2S/c1-17-7-3-2-6-16-10-5-4-9(8-15)11(13)12(10)14/h4-5,16H,2-3,6-7H2,1H3. The first-order valence-corrected chi connectivity index (χ1v) is 7.50. The molecule has 92 valence electrons. The van der Waals surface area contributed by atoms with Crippen molar-refractivity contribution < 1.29 is 4.39 Å². The lowest BCUT2D eigenvalue weighted by molar-refractivity contribution is 0.622. The molecule has 1 aromatic rings. The monoisotopic (exact) mass is 316 g/mol. The molecule has 1 aromatic carbocycles. The fourth-order valence-electron chi connectivity index (χ4n) is 1.37. The van der Waals surface area contributed by atoms with Crippen LogP contribution in [0.2, 0.25) is 0 Å². The lowest BCUT2D eigenvalue weighted by Crippen LogP contribution is -2.04. The van der Waals surface area contributed by atoms with Gasteiger partial charge in [0.05, 0.1) is 15.7 Å². The van der Waals surface area contributed by atoms with Crippen LogP contribution in [0.4, 0.5) is 10.1 Å². The van der Waals surface area contributed by atoms with Crippen LogP contribution in [0, 0.1) is 17.1 Å². The molecular formula is C12H14BrFN2S. The third-order valence-corrected chi connectivity index (χ3v) is 3.77. The van der Waals surface area contributed by atoms with E-state index in [1.165, 1.54) is 0 Å². The molecule has 0 aliphatic rings. The van der Waals surface area contributed by atoms with Gasteiger partial charge in [0.15, 0.2) is 5.82 Å². The number of hydrogen-bond acceptors (Lipinski definition) is 3. The van der Waals surface area contributed by atoms with Gasteiger partial charge in [-0.15, -0.1) is 0 Å². The summed E-state index contributed by atoms with van der Waals surface area (Å²) in [5, 5.41) is 11.8. The van der Waals surface area contributed by atoms with E-state index >= 15 is 0 Å². The van der Waals surface area contributed by atoms with Gasteiger partial charge in [-0.3, -0.25) is 0 Å². The summed E-state index contributed by atoms with van der Waals surface area (Å²) in [6.07, 6.45) is 4.20. The van der Waals surface area contributed by atoms with Gasteiger partial charge in [-0.25, -0.2) is 4.39 Å². The minimum Gasteiger partial charge on any atom is -0.383 e. The maximum atomic E-state index is 13.8. The van der Waals surface area contributed by atoms with Crippen LogP contribution in [0.15, 0.2) is 16.6 Å². The lowest BCUT2D eigenvalue weighted by Gasteiger charge is -2.09. The van der Waals surface area contributed by atoms with Gasteiger partial charge in [-0.1, -0.05) is 0 Å². The van der Waals surface area contributed by atoms with Crippen LogP contribution in [-0.4, -0.2) is 18.6 Å². The van der Waals surface area contributed by atoms with E-state index in [0.717, 1.165) is 25.1 Å². The Morgan fingerprint density at radius 1 is 1.47 bits per heavy atom. The van der Waals surface area contributed by atoms with Crippen LogP contribution in [0.3, 0.4) is 0 Å². The van der Waals surface area contributed by atoms with E-state index in [9.17, 15) is 4.39 Å². The molecule has 1 N–H and O–H groups in total. The molecule has 5 heteroatoms. The molecule has 0 saturated heterocycles. The van der Waals surface area contributed by atoms with E-state index in [2.05, 4.69) is 27.5 Å². The number of halogens is 2. The second-order valence-electron chi connectivity index (χ2n) is 3.53. The van der Waals surface area contributed by atoms with Crippen molar-refractivity contribution in [2.45, 2.75) is 12.8 Å². The zero-order valence-electron chi connectivity index (χ0n) is 9.59. The molecule has 0 saturated carbocycles. The normalized spacial score (nSPS) is 10.0. The van der Waals surface area contributed by atoms with Gasteiger partial charge in [-0.05, 0) is 52.9 Å². The minimum atomic E-state index is -0.395. The van der Waals surface area contributed by atoms with Crippen molar-refractivity contribution in [1.82, 2.24) is 0 Å². The fourth-order valence-corrected chi connectivity index (χ4v) is 2.29. The van der Waals surface area contributed by atoms with Gasteiger partial charge in [0.1, 0.15) is 6.07 Å². The number of anilines is 1. The van der Waals surface area contributed by atoms with Gasteiger partial charge in [0.2, 0.25) is 0 Å². The summed E-state index contributed by atoms with van der Waals surface area (Å²) in [7, 11) is 0. The summed E-state index contributed by atoms with van der Waals surface area (Å²) in [6.45, 7) is 0.746. The van der Waals surface area contributed by atoms with Crippen molar-refractivity contribution in [3.8, 4) is 6.07 Å². The zero-order chi connectivity index (χ0) is 12.7. The van der Waals surface area contributed by atoms with Crippen LogP contribution < -0.4 is 5.32 Å². The Bertz CT molecular complexity index is 418. The summed E-state index contributed by atoms with van der Waals surface area (Å²) < 4.78 is 14.0. The number of nitrogens with zero attached hydrogens (tertiary/aromatic N) is 1. The Morgan fingerprint density at radius 3 is 2.88 bits per heavy atom. The number of benzene rings is 1. The SMILES string of the molecule is CSCCCCNc1ccc(C#N)c(Br)c1F. The molecule has 0 bridgehead atoms. The largest absolute Gasteiger partial charge is 0.383 e. The number of hydrogen-bond donors (Lipinski definition) is 1. The van der Waals surface area contributed by atoms with Crippen molar-refractivity contribution in [3.63, 3.8) is 0 Å². The first-order chi connectivity index (χ1) is 8.20. The van der Waals surface area contributed by atoms with E-state index in [1.54, 1.807) is 12.1 Å². The first-order valence-electron chi connectivity index (χ1n) is 5.31. The lowest BCUT2D eigenvalue weighted by atomic mass is 10.2. The molecule has 0 unspecified atom stereocenters. The topological polar surface area (TPSA) is 35.8 Å². The molecule has 0 fully saturated rings. The molecular weight excluding hydrogens is 303 g/mol. The number of nitriles is 1. The maximum absolute atomic E-state index is 13.8. The second kappa shape index (κ2) is 7.57. The average molecular weight is 317 g/mol. The van der Waals surface area contributed by atoms with Crippen molar-refractivity contribution >= 4 is 33.4 Å². The molecule has 0 aromatic heterocycles. The van der Waals surface area contributed by atoms with E-state index in [4.69, 9.17) is 5.26 Å². The Labute approximate surface area is 114 Å². The molecule has 17 heavy (non-hydrogen) atoms. The second-order valence-corrected chi connectivity index (χ2v) is 5.31. The summed E-state index contributed by atoms with van der Waals surface area (Å²) in [5.41, 5.74) is 0.760. The van der Waals surface area contributed by atoms with E-state index in [-0.39, 0.29) is 4.47 Å². The summed E-state index contributed by atoms with van der Waals surface area (Å²) >= 11 is 4.90. The number of thioether (sulfide) groups is 1. The highest BCUT2D eigenvalue weighted by Gasteiger charge is 2.10. The molecule has 2 nitrogen and oxygen atoms in total. The van der Waals surface area contributed by atoms with E-state index < -0.39 is 5.82 Å². The van der Waals surface area contributed by atoms with Crippen LogP contribution in [0.25, 0.3) is 0 Å². The molecule has 0 radical (unpaired) electrons.